The van der Waals surface area contributed by atoms with Crippen LogP contribution in [-0.4, -0.2) is 38.7 Å². The molecule has 0 aliphatic carbocycles. The van der Waals surface area contributed by atoms with Gasteiger partial charge in [-0.1, -0.05) is 30.7 Å². The fourth-order valence-corrected chi connectivity index (χ4v) is 3.01. The molecule has 0 unspecified atom stereocenters. The Morgan fingerprint density at radius 2 is 2.00 bits per heavy atom. The lowest BCUT2D eigenvalue weighted by atomic mass is 10.3. The van der Waals surface area contributed by atoms with Gasteiger partial charge in [-0.2, -0.15) is 0 Å². The smallest absolute Gasteiger partial charge is 0.213 e. The molecule has 0 radical (unpaired) electrons. The molecule has 0 heterocycles. The number of benzene rings is 1. The summed E-state index contributed by atoms with van der Waals surface area (Å²) in [5.41, 5.74) is 0. The van der Waals surface area contributed by atoms with Crippen LogP contribution in [0.4, 0.5) is 0 Å². The lowest BCUT2D eigenvalue weighted by molar-refractivity contribution is 0.296. The van der Waals surface area contributed by atoms with E-state index in [1.807, 2.05) is 19.1 Å². The zero-order valence-corrected chi connectivity index (χ0v) is 12.9. The summed E-state index contributed by atoms with van der Waals surface area (Å²) in [6.45, 7) is 2.74. The molecule has 0 amide bonds. The van der Waals surface area contributed by atoms with Crippen LogP contribution < -0.4 is 4.74 Å². The van der Waals surface area contributed by atoms with Gasteiger partial charge in [0.25, 0.3) is 0 Å². The van der Waals surface area contributed by atoms with Gasteiger partial charge in [0.15, 0.2) is 0 Å². The fraction of sp³-hybridized carbons (Fsp3) is 0.538. The van der Waals surface area contributed by atoms with Crippen LogP contribution in [0.5, 0.6) is 5.75 Å². The van der Waals surface area contributed by atoms with Crippen LogP contribution in [0.15, 0.2) is 24.3 Å². The third-order valence-corrected chi connectivity index (χ3v) is 5.02. The van der Waals surface area contributed by atoms with Crippen LogP contribution in [-0.2, 0) is 10.0 Å². The van der Waals surface area contributed by atoms with Gasteiger partial charge in [-0.3, -0.25) is 0 Å². The molecule has 0 fully saturated rings. The van der Waals surface area contributed by atoms with E-state index in [1.165, 1.54) is 4.31 Å². The molecule has 0 aliphatic heterocycles. The molecule has 0 atom stereocenters. The number of nitrogens with zero attached hydrogens (tertiary/aromatic N) is 1. The first kappa shape index (κ1) is 16.3. The Morgan fingerprint density at radius 3 is 2.63 bits per heavy atom. The number of hydrogen-bond acceptors (Lipinski definition) is 3. The first-order valence-corrected chi connectivity index (χ1v) is 8.27. The maximum atomic E-state index is 11.7. The predicted molar refractivity (Wildman–Crippen MR) is 78.3 cm³/mol. The van der Waals surface area contributed by atoms with E-state index in [0.717, 1.165) is 0 Å². The van der Waals surface area contributed by atoms with E-state index < -0.39 is 10.0 Å². The summed E-state index contributed by atoms with van der Waals surface area (Å²) >= 11 is 5.95. The largest absolute Gasteiger partial charge is 0.492 e. The zero-order valence-electron chi connectivity index (χ0n) is 11.3. The van der Waals surface area contributed by atoms with Crippen LogP contribution in [0, 0.1) is 0 Å². The summed E-state index contributed by atoms with van der Waals surface area (Å²) in [7, 11) is -1.51. The Bertz CT molecular complexity index is 490. The van der Waals surface area contributed by atoms with Gasteiger partial charge in [0.2, 0.25) is 10.0 Å². The zero-order chi connectivity index (χ0) is 14.3. The summed E-state index contributed by atoms with van der Waals surface area (Å²) in [4.78, 5) is 0. The first-order chi connectivity index (χ1) is 8.97. The summed E-state index contributed by atoms with van der Waals surface area (Å²) in [6, 6.07) is 7.23. The highest BCUT2D eigenvalue weighted by molar-refractivity contribution is 7.89. The molecule has 6 heteroatoms. The molecule has 1 rings (SSSR count). The average molecular weight is 306 g/mol. The second kappa shape index (κ2) is 7.72. The monoisotopic (exact) mass is 305 g/mol. The lowest BCUT2D eigenvalue weighted by Gasteiger charge is -2.16. The highest BCUT2D eigenvalue weighted by atomic mass is 35.5. The minimum Gasteiger partial charge on any atom is -0.492 e. The van der Waals surface area contributed by atoms with E-state index in [-0.39, 0.29) is 5.75 Å². The van der Waals surface area contributed by atoms with E-state index in [2.05, 4.69) is 0 Å². The Morgan fingerprint density at radius 1 is 1.32 bits per heavy atom. The van der Waals surface area contributed by atoms with Gasteiger partial charge in [-0.25, -0.2) is 12.7 Å². The molecule has 0 N–H and O–H groups in total. The molecule has 1 aromatic rings. The topological polar surface area (TPSA) is 46.6 Å². The molecule has 0 saturated carbocycles. The highest BCUT2D eigenvalue weighted by Gasteiger charge is 2.15. The fourth-order valence-electron chi connectivity index (χ4n) is 1.58. The molecule has 1 aromatic carbocycles. The van der Waals surface area contributed by atoms with Gasteiger partial charge in [-0.05, 0) is 25.0 Å². The molecular formula is C13H20ClNO3S. The van der Waals surface area contributed by atoms with Crippen molar-refractivity contribution in [1.29, 1.82) is 0 Å². The van der Waals surface area contributed by atoms with E-state index in [1.54, 1.807) is 19.2 Å². The van der Waals surface area contributed by atoms with Crippen molar-refractivity contribution in [3.8, 4) is 5.75 Å². The van der Waals surface area contributed by atoms with Crippen LogP contribution in [0.25, 0.3) is 0 Å². The third-order valence-electron chi connectivity index (χ3n) is 2.65. The van der Waals surface area contributed by atoms with Gasteiger partial charge in [0.1, 0.15) is 5.75 Å². The van der Waals surface area contributed by atoms with Crippen molar-refractivity contribution >= 4 is 21.6 Å². The number of para-hydroxylation sites is 1. The second-order valence-corrected chi connectivity index (χ2v) is 6.87. The van der Waals surface area contributed by atoms with Crippen molar-refractivity contribution in [1.82, 2.24) is 4.31 Å². The maximum Gasteiger partial charge on any atom is 0.213 e. The van der Waals surface area contributed by atoms with Gasteiger partial charge < -0.3 is 4.74 Å². The Kier molecular flexibility index (Phi) is 6.62. The summed E-state index contributed by atoms with van der Waals surface area (Å²) in [6.07, 6.45) is 1.26. The molecule has 4 nitrogen and oxygen atoms in total. The summed E-state index contributed by atoms with van der Waals surface area (Å²) in [5.74, 6) is 0.817. The summed E-state index contributed by atoms with van der Waals surface area (Å²) in [5, 5.41) is 0.564. The van der Waals surface area contributed by atoms with Gasteiger partial charge in [0.05, 0.1) is 17.4 Å². The number of halogens is 1. The van der Waals surface area contributed by atoms with E-state index >= 15 is 0 Å². The molecule has 0 saturated heterocycles. The second-order valence-electron chi connectivity index (χ2n) is 4.27. The first-order valence-electron chi connectivity index (χ1n) is 6.28. The van der Waals surface area contributed by atoms with E-state index in [0.29, 0.717) is 36.8 Å². The summed E-state index contributed by atoms with van der Waals surface area (Å²) < 4.78 is 30.3. The maximum absolute atomic E-state index is 11.7. The molecule has 0 aromatic heterocycles. The molecular weight excluding hydrogens is 286 g/mol. The number of sulfonamides is 1. The number of hydrogen-bond donors (Lipinski definition) is 0. The van der Waals surface area contributed by atoms with Crippen molar-refractivity contribution in [3.63, 3.8) is 0 Å². The molecule has 0 spiro atoms. The molecule has 0 bridgehead atoms. The molecule has 0 aliphatic rings. The van der Waals surface area contributed by atoms with Crippen molar-refractivity contribution in [2.45, 2.75) is 19.8 Å². The SMILES string of the molecule is CCCS(=O)(=O)N(C)CCCOc1ccccc1Cl. The van der Waals surface area contributed by atoms with Crippen molar-refractivity contribution in [2.24, 2.45) is 0 Å². The highest BCUT2D eigenvalue weighted by Crippen LogP contribution is 2.23. The number of rotatable bonds is 8. The lowest BCUT2D eigenvalue weighted by Crippen LogP contribution is -2.30. The Balaban J connectivity index is 2.34. The van der Waals surface area contributed by atoms with Crippen LogP contribution in [0.2, 0.25) is 5.02 Å². The quantitative estimate of drug-likeness (QED) is 0.694. The Hall–Kier alpha value is -0.780. The minimum atomic E-state index is -3.11. The Labute approximate surface area is 120 Å². The number of ether oxygens (including phenoxy) is 1. The van der Waals surface area contributed by atoms with Crippen molar-refractivity contribution in [3.05, 3.63) is 29.3 Å². The predicted octanol–water partition coefficient (Wildman–Crippen LogP) is 2.78. The third kappa shape index (κ3) is 5.38. The van der Waals surface area contributed by atoms with E-state index in [4.69, 9.17) is 16.3 Å². The minimum absolute atomic E-state index is 0.189. The molecule has 19 heavy (non-hydrogen) atoms. The van der Waals surface area contributed by atoms with Crippen LogP contribution in [0.1, 0.15) is 19.8 Å². The van der Waals surface area contributed by atoms with E-state index in [9.17, 15) is 8.42 Å². The standard InChI is InChI=1S/C13H20ClNO3S/c1-3-11-19(16,17)15(2)9-6-10-18-13-8-5-4-7-12(13)14/h4-5,7-8H,3,6,9-11H2,1-2H3. The molecule has 108 valence electrons. The average Bonchev–Trinajstić information content (AvgIpc) is 2.36. The van der Waals surface area contributed by atoms with Crippen LogP contribution in [0.3, 0.4) is 0 Å². The van der Waals surface area contributed by atoms with Gasteiger partial charge >= 0.3 is 0 Å². The van der Waals surface area contributed by atoms with Crippen molar-refractivity contribution < 1.29 is 13.2 Å². The van der Waals surface area contributed by atoms with Gasteiger partial charge in [0, 0.05) is 13.6 Å². The normalized spacial score (nSPS) is 11.8. The van der Waals surface area contributed by atoms with Gasteiger partial charge in [-0.15, -0.1) is 0 Å². The van der Waals surface area contributed by atoms with Crippen LogP contribution >= 0.6 is 11.6 Å². The van der Waals surface area contributed by atoms with Crippen molar-refractivity contribution in [2.75, 3.05) is 26.0 Å².